The molecular weight excluding hydrogens is 218 g/mol. The summed E-state index contributed by atoms with van der Waals surface area (Å²) in [6.45, 7) is 1.47. The van der Waals surface area contributed by atoms with E-state index in [-0.39, 0.29) is 12.4 Å². The molecule has 0 radical (unpaired) electrons. The first-order valence-electron chi connectivity index (χ1n) is 5.13. The van der Waals surface area contributed by atoms with Gasteiger partial charge in [0.05, 0.1) is 5.69 Å². The Bertz CT molecular complexity index is 497. The van der Waals surface area contributed by atoms with Crippen molar-refractivity contribution >= 4 is 5.78 Å². The van der Waals surface area contributed by atoms with Crippen LogP contribution in [0.1, 0.15) is 6.92 Å². The molecule has 0 aliphatic rings. The fraction of sp³-hybridized carbons (Fsp3) is 0.167. The lowest BCUT2D eigenvalue weighted by Gasteiger charge is -2.02. The van der Waals surface area contributed by atoms with Gasteiger partial charge in [-0.15, -0.1) is 10.2 Å². The van der Waals surface area contributed by atoms with E-state index in [1.807, 2.05) is 18.2 Å². The van der Waals surface area contributed by atoms with Crippen LogP contribution in [0, 0.1) is 0 Å². The van der Waals surface area contributed by atoms with E-state index in [0.29, 0.717) is 11.6 Å². The van der Waals surface area contributed by atoms with Gasteiger partial charge >= 0.3 is 0 Å². The van der Waals surface area contributed by atoms with Gasteiger partial charge in [-0.05, 0) is 25.1 Å². The number of hydrogen-bond donors (Lipinski definition) is 0. The summed E-state index contributed by atoms with van der Waals surface area (Å²) in [4.78, 5) is 14.9. The molecule has 0 fully saturated rings. The maximum Gasteiger partial charge on any atom is 0.233 e. The molecule has 0 aliphatic heterocycles. The summed E-state index contributed by atoms with van der Waals surface area (Å²) in [5.41, 5.74) is 1.42. The van der Waals surface area contributed by atoms with Gasteiger partial charge in [0.1, 0.15) is 12.3 Å². The van der Waals surface area contributed by atoms with E-state index in [0.717, 1.165) is 5.69 Å². The van der Waals surface area contributed by atoms with Crippen molar-refractivity contribution in [2.45, 2.75) is 6.92 Å². The third-order valence-corrected chi connectivity index (χ3v) is 1.99. The van der Waals surface area contributed by atoms with Gasteiger partial charge in [0, 0.05) is 12.3 Å². The van der Waals surface area contributed by atoms with Gasteiger partial charge in [-0.25, -0.2) is 0 Å². The highest BCUT2D eigenvalue weighted by molar-refractivity contribution is 5.77. The van der Waals surface area contributed by atoms with E-state index in [9.17, 15) is 4.79 Å². The van der Waals surface area contributed by atoms with Crippen LogP contribution in [0.4, 0.5) is 0 Å². The number of carbonyl (C=O) groups is 1. The van der Waals surface area contributed by atoms with Crippen LogP contribution in [-0.4, -0.2) is 27.6 Å². The number of Topliss-reactive ketones (excluding diaryl/α,β-unsaturated/α-hetero) is 1. The summed E-state index contributed by atoms with van der Waals surface area (Å²) in [5, 5.41) is 7.84. The van der Waals surface area contributed by atoms with E-state index in [1.165, 1.54) is 6.92 Å². The Hall–Kier alpha value is -2.30. The number of ether oxygens (including phenoxy) is 1. The number of rotatable bonds is 4. The smallest absolute Gasteiger partial charge is 0.233 e. The summed E-state index contributed by atoms with van der Waals surface area (Å²) in [6, 6.07) is 8.98. The van der Waals surface area contributed by atoms with Crippen LogP contribution in [0.5, 0.6) is 5.88 Å². The summed E-state index contributed by atoms with van der Waals surface area (Å²) in [6.07, 6.45) is 1.69. The normalized spacial score (nSPS) is 9.94. The molecule has 0 unspecified atom stereocenters. The molecule has 2 rings (SSSR count). The average molecular weight is 229 g/mol. The lowest BCUT2D eigenvalue weighted by molar-refractivity contribution is -0.119. The second-order valence-electron chi connectivity index (χ2n) is 3.46. The molecule has 86 valence electrons. The van der Waals surface area contributed by atoms with Crippen LogP contribution in [0.15, 0.2) is 36.5 Å². The van der Waals surface area contributed by atoms with Crippen molar-refractivity contribution in [3.8, 4) is 17.3 Å². The molecule has 0 aliphatic carbocycles. The molecule has 17 heavy (non-hydrogen) atoms. The molecular formula is C12H11N3O2. The second-order valence-corrected chi connectivity index (χ2v) is 3.46. The Kier molecular flexibility index (Phi) is 3.40. The second kappa shape index (κ2) is 5.16. The Morgan fingerprint density at radius 3 is 2.65 bits per heavy atom. The molecule has 0 amide bonds. The van der Waals surface area contributed by atoms with E-state index in [1.54, 1.807) is 18.3 Å². The quantitative estimate of drug-likeness (QED) is 0.795. The predicted molar refractivity (Wildman–Crippen MR) is 61.4 cm³/mol. The van der Waals surface area contributed by atoms with Gasteiger partial charge in [0.25, 0.3) is 0 Å². The SMILES string of the molecule is CC(=O)COc1ccc(-c2ccccn2)nn1. The summed E-state index contributed by atoms with van der Waals surface area (Å²) < 4.78 is 5.11. The fourth-order valence-electron chi connectivity index (χ4n) is 1.22. The van der Waals surface area contributed by atoms with Crippen molar-refractivity contribution in [3.63, 3.8) is 0 Å². The number of carbonyl (C=O) groups excluding carboxylic acids is 1. The number of aromatic nitrogens is 3. The molecule has 2 aromatic rings. The lowest BCUT2D eigenvalue weighted by atomic mass is 10.2. The molecule has 0 atom stereocenters. The average Bonchev–Trinajstić information content (AvgIpc) is 2.38. The van der Waals surface area contributed by atoms with Crippen LogP contribution in [0.2, 0.25) is 0 Å². The van der Waals surface area contributed by atoms with Gasteiger partial charge in [0.2, 0.25) is 5.88 Å². The topological polar surface area (TPSA) is 65.0 Å². The van der Waals surface area contributed by atoms with Crippen LogP contribution in [0.25, 0.3) is 11.4 Å². The monoisotopic (exact) mass is 229 g/mol. The number of pyridine rings is 1. The van der Waals surface area contributed by atoms with Gasteiger partial charge in [-0.3, -0.25) is 9.78 Å². The Labute approximate surface area is 98.5 Å². The first kappa shape index (κ1) is 11.2. The van der Waals surface area contributed by atoms with Crippen molar-refractivity contribution in [3.05, 3.63) is 36.5 Å². The Balaban J connectivity index is 2.11. The highest BCUT2D eigenvalue weighted by atomic mass is 16.5. The van der Waals surface area contributed by atoms with E-state index < -0.39 is 0 Å². The molecule has 0 bridgehead atoms. The van der Waals surface area contributed by atoms with Crippen molar-refractivity contribution in [2.24, 2.45) is 0 Å². The van der Waals surface area contributed by atoms with Crippen LogP contribution in [-0.2, 0) is 4.79 Å². The zero-order valence-electron chi connectivity index (χ0n) is 9.33. The van der Waals surface area contributed by atoms with Crippen molar-refractivity contribution < 1.29 is 9.53 Å². The molecule has 5 nitrogen and oxygen atoms in total. The molecule has 2 heterocycles. The Morgan fingerprint density at radius 2 is 2.06 bits per heavy atom. The summed E-state index contributed by atoms with van der Waals surface area (Å²) in [5.74, 6) is 0.278. The van der Waals surface area contributed by atoms with Crippen molar-refractivity contribution in [2.75, 3.05) is 6.61 Å². The number of ketones is 1. The maximum absolute atomic E-state index is 10.7. The largest absolute Gasteiger partial charge is 0.469 e. The first-order chi connectivity index (χ1) is 8.25. The predicted octanol–water partition coefficient (Wildman–Crippen LogP) is 1.51. The van der Waals surface area contributed by atoms with Crippen LogP contribution >= 0.6 is 0 Å². The van der Waals surface area contributed by atoms with Crippen LogP contribution < -0.4 is 4.74 Å². The fourth-order valence-corrected chi connectivity index (χ4v) is 1.22. The zero-order valence-corrected chi connectivity index (χ0v) is 9.33. The van der Waals surface area contributed by atoms with Crippen molar-refractivity contribution in [1.29, 1.82) is 0 Å². The molecule has 5 heteroatoms. The lowest BCUT2D eigenvalue weighted by Crippen LogP contribution is -2.08. The third kappa shape index (κ3) is 3.07. The van der Waals surface area contributed by atoms with E-state index >= 15 is 0 Å². The highest BCUT2D eigenvalue weighted by Gasteiger charge is 2.02. The molecule has 0 saturated heterocycles. The van der Waals surface area contributed by atoms with E-state index in [2.05, 4.69) is 15.2 Å². The minimum absolute atomic E-state index is 0.0115. The molecule has 0 saturated carbocycles. The molecule has 0 aromatic carbocycles. The first-order valence-corrected chi connectivity index (χ1v) is 5.13. The molecule has 0 N–H and O–H groups in total. The molecule has 2 aromatic heterocycles. The molecule has 0 spiro atoms. The van der Waals surface area contributed by atoms with Gasteiger partial charge in [-0.1, -0.05) is 6.07 Å². The minimum atomic E-state index is -0.0550. The third-order valence-electron chi connectivity index (χ3n) is 1.99. The van der Waals surface area contributed by atoms with Gasteiger partial charge < -0.3 is 4.74 Å². The Morgan fingerprint density at radius 1 is 1.18 bits per heavy atom. The maximum atomic E-state index is 10.7. The number of hydrogen-bond acceptors (Lipinski definition) is 5. The van der Waals surface area contributed by atoms with Crippen LogP contribution in [0.3, 0.4) is 0 Å². The van der Waals surface area contributed by atoms with Crippen molar-refractivity contribution in [1.82, 2.24) is 15.2 Å². The number of nitrogens with zero attached hydrogens (tertiary/aromatic N) is 3. The highest BCUT2D eigenvalue weighted by Crippen LogP contribution is 2.14. The van der Waals surface area contributed by atoms with Gasteiger partial charge in [0.15, 0.2) is 5.78 Å². The zero-order chi connectivity index (χ0) is 12.1. The summed E-state index contributed by atoms with van der Waals surface area (Å²) >= 11 is 0. The summed E-state index contributed by atoms with van der Waals surface area (Å²) in [7, 11) is 0. The van der Waals surface area contributed by atoms with Gasteiger partial charge in [-0.2, -0.15) is 0 Å². The van der Waals surface area contributed by atoms with E-state index in [4.69, 9.17) is 4.74 Å². The standard InChI is InChI=1S/C12H11N3O2/c1-9(16)8-17-12-6-5-11(14-15-12)10-4-2-3-7-13-10/h2-7H,8H2,1H3. The minimum Gasteiger partial charge on any atom is -0.469 e.